The molecule has 5 rings (SSSR count). The first kappa shape index (κ1) is 18.0. The maximum absolute atomic E-state index is 11.9. The third-order valence-corrected chi connectivity index (χ3v) is 5.38. The van der Waals surface area contributed by atoms with Crippen LogP contribution in [0.15, 0.2) is 109 Å². The average Bonchev–Trinajstić information content (AvgIpc) is 2.84. The molecule has 1 aromatic heterocycles. The van der Waals surface area contributed by atoms with Crippen LogP contribution in [0.2, 0.25) is 0 Å². The fourth-order valence-corrected chi connectivity index (χ4v) is 3.97. The van der Waals surface area contributed by atoms with Crippen LogP contribution in [0.3, 0.4) is 0 Å². The highest BCUT2D eigenvalue weighted by Crippen LogP contribution is 2.38. The molecule has 2 nitrogen and oxygen atoms in total. The van der Waals surface area contributed by atoms with Crippen LogP contribution in [0.4, 0.5) is 0 Å². The Hall–Kier alpha value is -4.04. The number of pyridine rings is 1. The first-order valence-corrected chi connectivity index (χ1v) is 9.93. The maximum Gasteiger partial charge on any atom is 0.152 e. The van der Waals surface area contributed by atoms with Gasteiger partial charge in [0.15, 0.2) is 6.29 Å². The molecule has 4 aromatic carbocycles. The lowest BCUT2D eigenvalue weighted by Gasteiger charge is -2.15. The lowest BCUT2D eigenvalue weighted by atomic mass is 9.90. The molecule has 1 heterocycles. The van der Waals surface area contributed by atoms with Gasteiger partial charge < -0.3 is 0 Å². The highest BCUT2D eigenvalue weighted by atomic mass is 16.1. The van der Waals surface area contributed by atoms with E-state index in [4.69, 9.17) is 4.98 Å². The Kier molecular flexibility index (Phi) is 4.66. The number of aldehydes is 1. The van der Waals surface area contributed by atoms with Crippen LogP contribution >= 0.6 is 0 Å². The van der Waals surface area contributed by atoms with Crippen molar-refractivity contribution in [1.29, 1.82) is 0 Å². The predicted octanol–water partition coefficient (Wildman–Crippen LogP) is 7.05. The molecule has 0 atom stereocenters. The Morgan fingerprint density at radius 2 is 1.17 bits per heavy atom. The normalized spacial score (nSPS) is 10.8. The molecule has 0 aliphatic heterocycles. The molecule has 0 amide bonds. The molecule has 5 aromatic rings. The van der Waals surface area contributed by atoms with Gasteiger partial charge in [0, 0.05) is 28.3 Å². The number of carbonyl (C=O) groups is 1. The van der Waals surface area contributed by atoms with E-state index in [-0.39, 0.29) is 0 Å². The Morgan fingerprint density at radius 3 is 1.77 bits per heavy atom. The number of fused-ring (bicyclic) bond motifs is 1. The van der Waals surface area contributed by atoms with Crippen LogP contribution in [0.5, 0.6) is 0 Å². The first-order chi connectivity index (χ1) is 14.8. The largest absolute Gasteiger partial charge is 0.298 e. The minimum absolute atomic E-state index is 0.595. The first-order valence-electron chi connectivity index (χ1n) is 9.93. The smallest absolute Gasteiger partial charge is 0.152 e. The second kappa shape index (κ2) is 7.76. The molecule has 2 heteroatoms. The minimum atomic E-state index is 0.595. The molecule has 0 aliphatic rings. The minimum Gasteiger partial charge on any atom is -0.298 e. The average molecular weight is 385 g/mol. The van der Waals surface area contributed by atoms with Gasteiger partial charge in [0.25, 0.3) is 0 Å². The zero-order valence-corrected chi connectivity index (χ0v) is 16.3. The lowest BCUT2D eigenvalue weighted by molar-refractivity contribution is 0.112. The summed E-state index contributed by atoms with van der Waals surface area (Å²) in [5.41, 5.74) is 7.81. The van der Waals surface area contributed by atoms with Crippen LogP contribution in [0.1, 0.15) is 10.4 Å². The van der Waals surface area contributed by atoms with Gasteiger partial charge in [-0.25, -0.2) is 0 Å². The van der Waals surface area contributed by atoms with Crippen LogP contribution in [-0.2, 0) is 0 Å². The van der Waals surface area contributed by atoms with Crippen molar-refractivity contribution in [2.24, 2.45) is 0 Å². The van der Waals surface area contributed by atoms with Crippen molar-refractivity contribution in [3.05, 3.63) is 115 Å². The van der Waals surface area contributed by atoms with E-state index in [0.717, 1.165) is 50.6 Å². The van der Waals surface area contributed by atoms with Crippen molar-refractivity contribution in [2.75, 3.05) is 0 Å². The molecule has 0 N–H and O–H groups in total. The fraction of sp³-hybridized carbons (Fsp3) is 0. The van der Waals surface area contributed by atoms with E-state index in [2.05, 4.69) is 36.4 Å². The van der Waals surface area contributed by atoms with Gasteiger partial charge in [0.2, 0.25) is 0 Å². The van der Waals surface area contributed by atoms with Gasteiger partial charge in [-0.3, -0.25) is 9.78 Å². The van der Waals surface area contributed by atoms with E-state index in [0.29, 0.717) is 5.56 Å². The summed E-state index contributed by atoms with van der Waals surface area (Å²) in [4.78, 5) is 16.6. The van der Waals surface area contributed by atoms with Crippen LogP contribution < -0.4 is 0 Å². The van der Waals surface area contributed by atoms with Crippen molar-refractivity contribution in [3.8, 4) is 33.4 Å². The second-order valence-electron chi connectivity index (χ2n) is 7.22. The molecule has 0 unspecified atom stereocenters. The zero-order valence-electron chi connectivity index (χ0n) is 16.3. The van der Waals surface area contributed by atoms with Crippen molar-refractivity contribution >= 4 is 17.2 Å². The predicted molar refractivity (Wildman–Crippen MR) is 123 cm³/mol. The van der Waals surface area contributed by atoms with E-state index in [1.807, 2.05) is 66.7 Å². The van der Waals surface area contributed by atoms with Gasteiger partial charge in [0.05, 0.1) is 5.52 Å². The van der Waals surface area contributed by atoms with Gasteiger partial charge in [-0.05, 0) is 34.4 Å². The van der Waals surface area contributed by atoms with Gasteiger partial charge in [-0.15, -0.1) is 0 Å². The highest BCUT2D eigenvalue weighted by Gasteiger charge is 2.16. The van der Waals surface area contributed by atoms with Gasteiger partial charge in [-0.1, -0.05) is 91.0 Å². The molecule has 0 radical (unpaired) electrons. The summed E-state index contributed by atoms with van der Waals surface area (Å²) in [5, 5.41) is 0.978. The summed E-state index contributed by atoms with van der Waals surface area (Å²) in [6.07, 6.45) is 2.58. The number of carbonyl (C=O) groups excluding carboxylic acids is 1. The van der Waals surface area contributed by atoms with Crippen molar-refractivity contribution in [1.82, 2.24) is 4.98 Å². The molecule has 30 heavy (non-hydrogen) atoms. The van der Waals surface area contributed by atoms with Gasteiger partial charge >= 0.3 is 0 Å². The Labute approximate surface area is 175 Å². The molecule has 142 valence electrons. The number of hydrogen-bond donors (Lipinski definition) is 0. The van der Waals surface area contributed by atoms with E-state index in [1.165, 1.54) is 0 Å². The number of hydrogen-bond acceptors (Lipinski definition) is 2. The molecule has 0 saturated carbocycles. The third kappa shape index (κ3) is 3.19. The summed E-state index contributed by atoms with van der Waals surface area (Å²) >= 11 is 0. The summed E-state index contributed by atoms with van der Waals surface area (Å²) < 4.78 is 0. The molecule has 0 fully saturated rings. The zero-order chi connectivity index (χ0) is 20.3. The lowest BCUT2D eigenvalue weighted by Crippen LogP contribution is -1.95. The third-order valence-electron chi connectivity index (χ3n) is 5.38. The maximum atomic E-state index is 11.9. The number of rotatable bonds is 4. The van der Waals surface area contributed by atoms with Gasteiger partial charge in [-0.2, -0.15) is 0 Å². The van der Waals surface area contributed by atoms with Gasteiger partial charge in [0.1, 0.15) is 0 Å². The van der Waals surface area contributed by atoms with E-state index in [9.17, 15) is 4.79 Å². The second-order valence-corrected chi connectivity index (χ2v) is 7.22. The van der Waals surface area contributed by atoms with Crippen LogP contribution in [-0.4, -0.2) is 11.3 Å². The van der Waals surface area contributed by atoms with Crippen molar-refractivity contribution in [2.45, 2.75) is 0 Å². The number of nitrogens with zero attached hydrogens (tertiary/aromatic N) is 1. The molecule has 0 aliphatic carbocycles. The Bertz CT molecular complexity index is 1330. The summed E-state index contributed by atoms with van der Waals surface area (Å²) in [6, 6.07) is 35.0. The summed E-state index contributed by atoms with van der Waals surface area (Å²) in [5.74, 6) is 0. The molecular weight excluding hydrogens is 366 g/mol. The standard InChI is InChI=1S/C28H19NO/c30-19-24-18-29-28-25(21-12-6-2-7-13-21)16-23(20-10-4-1-5-11-20)17-26(28)27(24)22-14-8-3-9-15-22/h1-19H. The topological polar surface area (TPSA) is 30.0 Å². The van der Waals surface area contributed by atoms with Crippen LogP contribution in [0.25, 0.3) is 44.3 Å². The highest BCUT2D eigenvalue weighted by molar-refractivity contribution is 6.08. The van der Waals surface area contributed by atoms with E-state index in [1.54, 1.807) is 6.20 Å². The monoisotopic (exact) mass is 385 g/mol. The molecule has 0 spiro atoms. The van der Waals surface area contributed by atoms with Crippen molar-refractivity contribution in [3.63, 3.8) is 0 Å². The fourth-order valence-electron chi connectivity index (χ4n) is 3.97. The van der Waals surface area contributed by atoms with Crippen LogP contribution in [0, 0.1) is 0 Å². The number of aromatic nitrogens is 1. The SMILES string of the molecule is O=Cc1cnc2c(-c3ccccc3)cc(-c3ccccc3)cc2c1-c1ccccc1. The van der Waals surface area contributed by atoms with E-state index >= 15 is 0 Å². The number of benzene rings is 4. The van der Waals surface area contributed by atoms with E-state index < -0.39 is 0 Å². The molecule has 0 saturated heterocycles. The molecule has 0 bridgehead atoms. The summed E-state index contributed by atoms with van der Waals surface area (Å²) in [7, 11) is 0. The van der Waals surface area contributed by atoms with Crippen molar-refractivity contribution < 1.29 is 4.79 Å². The summed E-state index contributed by atoms with van der Waals surface area (Å²) in [6.45, 7) is 0. The molecular formula is C28H19NO. The quantitative estimate of drug-likeness (QED) is 0.310. The Balaban J connectivity index is 1.91. The Morgan fingerprint density at radius 1 is 0.600 bits per heavy atom.